The molecule has 5 heteroatoms. The zero-order valence-corrected chi connectivity index (χ0v) is 10.6. The Kier molecular flexibility index (Phi) is 2.83. The van der Waals surface area contributed by atoms with E-state index in [0.29, 0.717) is 11.4 Å². The van der Waals surface area contributed by atoms with E-state index in [-0.39, 0.29) is 5.02 Å². The molecule has 17 heavy (non-hydrogen) atoms. The van der Waals surface area contributed by atoms with Crippen LogP contribution in [0.1, 0.15) is 17.0 Å². The minimum atomic E-state index is -0.499. The van der Waals surface area contributed by atoms with Gasteiger partial charge >= 0.3 is 0 Å². The van der Waals surface area contributed by atoms with E-state index in [1.165, 1.54) is 12.1 Å². The second-order valence-electron chi connectivity index (χ2n) is 4.03. The molecule has 2 rings (SSSR count). The molecule has 0 fully saturated rings. The van der Waals surface area contributed by atoms with Gasteiger partial charge in [-0.15, -0.1) is 0 Å². The lowest BCUT2D eigenvalue weighted by Crippen LogP contribution is -2.04. The highest BCUT2D eigenvalue weighted by atomic mass is 35.5. The number of anilines is 1. The minimum absolute atomic E-state index is 0.0181. The summed E-state index contributed by atoms with van der Waals surface area (Å²) in [6.07, 6.45) is 0. The van der Waals surface area contributed by atoms with Crippen LogP contribution in [0.2, 0.25) is 5.02 Å². The van der Waals surface area contributed by atoms with Crippen LogP contribution in [0.3, 0.4) is 0 Å². The number of benzene rings is 1. The maximum Gasteiger partial charge on any atom is 0.144 e. The predicted octanol–water partition coefficient (Wildman–Crippen LogP) is 3.17. The van der Waals surface area contributed by atoms with Crippen LogP contribution in [-0.2, 0) is 0 Å². The Bertz CT molecular complexity index is 590. The van der Waals surface area contributed by atoms with Gasteiger partial charge in [-0.1, -0.05) is 11.6 Å². The predicted molar refractivity (Wildman–Crippen MR) is 67.2 cm³/mol. The summed E-state index contributed by atoms with van der Waals surface area (Å²) in [5, 5.41) is 4.36. The van der Waals surface area contributed by atoms with Crippen LogP contribution in [-0.4, -0.2) is 9.78 Å². The maximum atomic E-state index is 13.5. The minimum Gasteiger partial charge on any atom is -0.397 e. The molecule has 0 bridgehead atoms. The van der Waals surface area contributed by atoms with Gasteiger partial charge in [0, 0.05) is 11.8 Å². The molecule has 0 saturated carbocycles. The molecule has 0 aliphatic heterocycles. The summed E-state index contributed by atoms with van der Waals surface area (Å²) in [5.41, 5.74) is 9.67. The topological polar surface area (TPSA) is 43.8 Å². The van der Waals surface area contributed by atoms with Crippen molar-refractivity contribution in [2.24, 2.45) is 0 Å². The summed E-state index contributed by atoms with van der Waals surface area (Å²) >= 11 is 5.66. The van der Waals surface area contributed by atoms with Gasteiger partial charge < -0.3 is 5.73 Å². The Labute approximate surface area is 104 Å². The average molecular weight is 254 g/mol. The van der Waals surface area contributed by atoms with Gasteiger partial charge in [0.25, 0.3) is 0 Å². The number of nitrogens with zero attached hydrogens (tertiary/aromatic N) is 2. The Balaban J connectivity index is 2.68. The van der Waals surface area contributed by atoms with Crippen molar-refractivity contribution < 1.29 is 4.39 Å². The van der Waals surface area contributed by atoms with E-state index in [0.717, 1.165) is 17.0 Å². The van der Waals surface area contributed by atoms with Gasteiger partial charge in [0.15, 0.2) is 0 Å². The van der Waals surface area contributed by atoms with Gasteiger partial charge in [-0.3, -0.25) is 0 Å². The van der Waals surface area contributed by atoms with Gasteiger partial charge in [-0.2, -0.15) is 5.10 Å². The Morgan fingerprint density at radius 3 is 2.47 bits per heavy atom. The molecular weight excluding hydrogens is 241 g/mol. The zero-order valence-electron chi connectivity index (χ0n) is 9.88. The lowest BCUT2D eigenvalue weighted by molar-refractivity contribution is 0.625. The molecule has 0 radical (unpaired) electrons. The highest BCUT2D eigenvalue weighted by Crippen LogP contribution is 2.26. The average Bonchev–Trinajstić information content (AvgIpc) is 2.51. The lowest BCUT2D eigenvalue weighted by atomic mass is 10.2. The molecule has 90 valence electrons. The highest BCUT2D eigenvalue weighted by Gasteiger charge is 2.13. The summed E-state index contributed by atoms with van der Waals surface area (Å²) in [5.74, 6) is -0.499. The molecule has 0 atom stereocenters. The summed E-state index contributed by atoms with van der Waals surface area (Å²) in [4.78, 5) is 0. The van der Waals surface area contributed by atoms with Crippen molar-refractivity contribution in [1.29, 1.82) is 0 Å². The third-order valence-corrected chi connectivity index (χ3v) is 3.24. The summed E-state index contributed by atoms with van der Waals surface area (Å²) in [6, 6.07) is 2.70. The number of nitrogen functional groups attached to an aromatic ring is 1. The van der Waals surface area contributed by atoms with E-state index in [1.54, 1.807) is 4.68 Å². The van der Waals surface area contributed by atoms with E-state index >= 15 is 0 Å². The third-order valence-electron chi connectivity index (χ3n) is 2.95. The molecule has 2 aromatic rings. The molecular formula is C12H13ClFN3. The normalized spacial score (nSPS) is 10.9. The van der Waals surface area contributed by atoms with E-state index in [9.17, 15) is 4.39 Å². The Hall–Kier alpha value is -1.55. The van der Waals surface area contributed by atoms with Crippen LogP contribution < -0.4 is 5.73 Å². The number of rotatable bonds is 1. The SMILES string of the molecule is Cc1nn(-c2cc(F)c(Cl)cc2N)c(C)c1C. The molecule has 0 aliphatic carbocycles. The quantitative estimate of drug-likeness (QED) is 0.794. The van der Waals surface area contributed by atoms with Gasteiger partial charge in [-0.05, 0) is 32.4 Å². The van der Waals surface area contributed by atoms with Crippen molar-refractivity contribution in [3.63, 3.8) is 0 Å². The molecule has 1 aromatic heterocycles. The highest BCUT2D eigenvalue weighted by molar-refractivity contribution is 6.31. The number of nitrogens with two attached hydrogens (primary N) is 1. The van der Waals surface area contributed by atoms with Crippen LogP contribution in [0, 0.1) is 26.6 Å². The number of aromatic nitrogens is 2. The first-order valence-corrected chi connectivity index (χ1v) is 5.57. The van der Waals surface area contributed by atoms with Crippen LogP contribution in [0.4, 0.5) is 10.1 Å². The lowest BCUT2D eigenvalue weighted by Gasteiger charge is -2.09. The van der Waals surface area contributed by atoms with Crippen molar-refractivity contribution in [3.8, 4) is 5.69 Å². The standard InChI is InChI=1S/C12H13ClFN3/c1-6-7(2)16-17(8(6)3)12-5-10(14)9(13)4-11(12)15/h4-5H,15H2,1-3H3. The van der Waals surface area contributed by atoms with Crippen LogP contribution in [0.25, 0.3) is 5.69 Å². The fourth-order valence-electron chi connectivity index (χ4n) is 1.69. The van der Waals surface area contributed by atoms with Crippen molar-refractivity contribution in [1.82, 2.24) is 9.78 Å². The second-order valence-corrected chi connectivity index (χ2v) is 4.44. The first-order chi connectivity index (χ1) is 7.91. The van der Waals surface area contributed by atoms with Gasteiger partial charge in [0.2, 0.25) is 0 Å². The van der Waals surface area contributed by atoms with Crippen LogP contribution in [0.15, 0.2) is 12.1 Å². The summed E-state index contributed by atoms with van der Waals surface area (Å²) in [7, 11) is 0. The van der Waals surface area contributed by atoms with Crippen molar-refractivity contribution in [2.45, 2.75) is 20.8 Å². The van der Waals surface area contributed by atoms with Crippen molar-refractivity contribution >= 4 is 17.3 Å². The summed E-state index contributed by atoms with van der Waals surface area (Å²) < 4.78 is 15.1. The molecule has 0 saturated heterocycles. The van der Waals surface area contributed by atoms with Crippen molar-refractivity contribution in [3.05, 3.63) is 39.9 Å². The maximum absolute atomic E-state index is 13.5. The van der Waals surface area contributed by atoms with Gasteiger partial charge in [-0.25, -0.2) is 9.07 Å². The largest absolute Gasteiger partial charge is 0.397 e. The smallest absolute Gasteiger partial charge is 0.144 e. The van der Waals surface area contributed by atoms with Crippen LogP contribution in [0.5, 0.6) is 0 Å². The van der Waals surface area contributed by atoms with Gasteiger partial charge in [0.1, 0.15) is 5.82 Å². The van der Waals surface area contributed by atoms with E-state index < -0.39 is 5.82 Å². The first kappa shape index (κ1) is 11.9. The zero-order chi connectivity index (χ0) is 12.7. The van der Waals surface area contributed by atoms with Crippen LogP contribution >= 0.6 is 11.6 Å². The molecule has 2 N–H and O–H groups in total. The third kappa shape index (κ3) is 1.89. The van der Waals surface area contributed by atoms with E-state index in [2.05, 4.69) is 5.10 Å². The number of hydrogen-bond donors (Lipinski definition) is 1. The van der Waals surface area contributed by atoms with Gasteiger partial charge in [0.05, 0.1) is 22.1 Å². The Morgan fingerprint density at radius 2 is 1.94 bits per heavy atom. The number of aryl methyl sites for hydroxylation is 1. The molecule has 0 amide bonds. The molecule has 0 unspecified atom stereocenters. The fourth-order valence-corrected chi connectivity index (χ4v) is 1.86. The monoisotopic (exact) mass is 253 g/mol. The number of halogens is 2. The van der Waals surface area contributed by atoms with E-state index in [4.69, 9.17) is 17.3 Å². The molecule has 0 aliphatic rings. The van der Waals surface area contributed by atoms with E-state index in [1.807, 2.05) is 20.8 Å². The number of hydrogen-bond acceptors (Lipinski definition) is 2. The van der Waals surface area contributed by atoms with Crippen molar-refractivity contribution in [2.75, 3.05) is 5.73 Å². The molecule has 3 nitrogen and oxygen atoms in total. The molecule has 1 heterocycles. The molecule has 1 aromatic carbocycles. The Morgan fingerprint density at radius 1 is 1.29 bits per heavy atom. The second kappa shape index (κ2) is 4.04. The first-order valence-electron chi connectivity index (χ1n) is 5.19. The molecule has 0 spiro atoms. The summed E-state index contributed by atoms with van der Waals surface area (Å²) in [6.45, 7) is 5.79. The fraction of sp³-hybridized carbons (Fsp3) is 0.250.